The molecule has 1 fully saturated rings. The Bertz CT molecular complexity index is 1730. The van der Waals surface area contributed by atoms with Gasteiger partial charge < -0.3 is 34.5 Å². The molecule has 0 amide bonds. The lowest BCUT2D eigenvalue weighted by Gasteiger charge is -2.19. The molecule has 5 aromatic rings. The van der Waals surface area contributed by atoms with Gasteiger partial charge in [0.2, 0.25) is 5.95 Å². The summed E-state index contributed by atoms with van der Waals surface area (Å²) in [5.41, 5.74) is 6.06. The fraction of sp³-hybridized carbons (Fsp3) is 0.359. The van der Waals surface area contributed by atoms with Crippen LogP contribution in [0.1, 0.15) is 49.5 Å². The first-order chi connectivity index (χ1) is 23.7. The van der Waals surface area contributed by atoms with E-state index in [0.717, 1.165) is 76.4 Å². The standard InChI is InChI=1S/C39H45N3O6/c43-20-6-7-22-47-37-24-30(26-40-39-41-35-14-4-5-15-36(35)42(39)38-19-17-33(27-44)48-38)16-18-34(37)31-12-8-13-32(25-31)46-23-9-21-45-28-29-10-2-1-3-11-29/h1-5,8,10-16,18,24-25,33,38,43-44H,6-7,9,17,19-23,26-28H2,(H,40,41)/t33-,38+/m0/s1. The Morgan fingerprint density at radius 2 is 1.65 bits per heavy atom. The van der Waals surface area contributed by atoms with Crippen molar-refractivity contribution < 1.29 is 29.2 Å². The molecule has 2 atom stereocenters. The SMILES string of the molecule is OCCCCOc1cc(CNc2nc3ccccc3n2[C@H]2CC[C@@H](CO)O2)ccc1-c1cccc(OCCCOCc2ccccc2)c1. The topological polar surface area (TPSA) is 107 Å². The van der Waals surface area contributed by atoms with E-state index in [4.69, 9.17) is 23.9 Å². The molecule has 1 saturated heterocycles. The molecule has 9 heteroatoms. The van der Waals surface area contributed by atoms with E-state index in [1.807, 2.05) is 60.7 Å². The summed E-state index contributed by atoms with van der Waals surface area (Å²) in [6.07, 6.45) is 3.50. The van der Waals surface area contributed by atoms with Crippen LogP contribution in [0.15, 0.2) is 97.1 Å². The second-order valence-corrected chi connectivity index (χ2v) is 12.0. The molecule has 1 aromatic heterocycles. The van der Waals surface area contributed by atoms with E-state index < -0.39 is 0 Å². The summed E-state index contributed by atoms with van der Waals surface area (Å²) < 4.78 is 26.4. The van der Waals surface area contributed by atoms with Crippen LogP contribution >= 0.6 is 0 Å². The molecule has 252 valence electrons. The van der Waals surface area contributed by atoms with Crippen LogP contribution in [0.3, 0.4) is 0 Å². The van der Waals surface area contributed by atoms with Crippen molar-refractivity contribution in [1.82, 2.24) is 9.55 Å². The van der Waals surface area contributed by atoms with Crippen molar-refractivity contribution in [2.45, 2.75) is 57.6 Å². The molecule has 1 aliphatic rings. The highest BCUT2D eigenvalue weighted by Crippen LogP contribution is 2.36. The van der Waals surface area contributed by atoms with Crippen LogP contribution in [0.25, 0.3) is 22.2 Å². The zero-order valence-corrected chi connectivity index (χ0v) is 27.3. The molecule has 0 radical (unpaired) electrons. The zero-order valence-electron chi connectivity index (χ0n) is 27.3. The summed E-state index contributed by atoms with van der Waals surface area (Å²) in [5.74, 6) is 2.30. The van der Waals surface area contributed by atoms with E-state index >= 15 is 0 Å². The molecule has 1 aliphatic heterocycles. The Morgan fingerprint density at radius 3 is 2.50 bits per heavy atom. The maximum Gasteiger partial charge on any atom is 0.206 e. The number of imidazole rings is 1. The van der Waals surface area contributed by atoms with Gasteiger partial charge in [0.1, 0.15) is 17.7 Å². The molecule has 3 N–H and O–H groups in total. The quantitative estimate of drug-likeness (QED) is 0.0860. The number of aliphatic hydroxyl groups is 2. The lowest BCUT2D eigenvalue weighted by molar-refractivity contribution is -0.0195. The molecule has 2 heterocycles. The van der Waals surface area contributed by atoms with Gasteiger partial charge >= 0.3 is 0 Å². The van der Waals surface area contributed by atoms with Crippen molar-refractivity contribution in [2.24, 2.45) is 0 Å². The Labute approximate surface area is 282 Å². The number of rotatable bonds is 18. The first-order valence-electron chi connectivity index (χ1n) is 16.9. The summed E-state index contributed by atoms with van der Waals surface area (Å²) in [6, 6.07) is 32.5. The molecule has 6 rings (SSSR count). The van der Waals surface area contributed by atoms with Crippen molar-refractivity contribution in [3.63, 3.8) is 0 Å². The summed E-state index contributed by atoms with van der Waals surface area (Å²) in [5, 5.41) is 22.5. The molecule has 9 nitrogen and oxygen atoms in total. The molecular weight excluding hydrogens is 606 g/mol. The summed E-state index contributed by atoms with van der Waals surface area (Å²) in [6.45, 7) is 2.98. The number of para-hydroxylation sites is 2. The third kappa shape index (κ3) is 8.73. The number of fused-ring (bicyclic) bond motifs is 1. The Balaban J connectivity index is 1.13. The molecule has 4 aromatic carbocycles. The van der Waals surface area contributed by atoms with Gasteiger partial charge in [-0.15, -0.1) is 0 Å². The number of ether oxygens (including phenoxy) is 4. The summed E-state index contributed by atoms with van der Waals surface area (Å²) in [7, 11) is 0. The molecule has 0 aliphatic carbocycles. The molecule has 0 saturated carbocycles. The minimum atomic E-state index is -0.193. The van der Waals surface area contributed by atoms with E-state index in [1.165, 1.54) is 0 Å². The van der Waals surface area contributed by atoms with Gasteiger partial charge in [0.15, 0.2) is 0 Å². The first kappa shape index (κ1) is 33.5. The van der Waals surface area contributed by atoms with E-state index in [2.05, 4.69) is 46.3 Å². The highest BCUT2D eigenvalue weighted by atomic mass is 16.5. The lowest BCUT2D eigenvalue weighted by Crippen LogP contribution is -2.16. The number of nitrogens with one attached hydrogen (secondary N) is 1. The average Bonchev–Trinajstić information content (AvgIpc) is 3.76. The maximum absolute atomic E-state index is 9.65. The van der Waals surface area contributed by atoms with Gasteiger partial charge in [-0.1, -0.05) is 66.7 Å². The van der Waals surface area contributed by atoms with Crippen LogP contribution in [0.2, 0.25) is 0 Å². The van der Waals surface area contributed by atoms with Crippen LogP contribution in [0.4, 0.5) is 5.95 Å². The van der Waals surface area contributed by atoms with Gasteiger partial charge in [-0.2, -0.15) is 0 Å². The van der Waals surface area contributed by atoms with Gasteiger partial charge in [0.25, 0.3) is 0 Å². The normalized spacial score (nSPS) is 16.0. The molecule has 48 heavy (non-hydrogen) atoms. The number of aromatic nitrogens is 2. The fourth-order valence-corrected chi connectivity index (χ4v) is 5.95. The van der Waals surface area contributed by atoms with E-state index in [0.29, 0.717) is 39.4 Å². The monoisotopic (exact) mass is 651 g/mol. The van der Waals surface area contributed by atoms with E-state index in [1.54, 1.807) is 0 Å². The largest absolute Gasteiger partial charge is 0.493 e. The highest BCUT2D eigenvalue weighted by Gasteiger charge is 2.29. The second kappa shape index (κ2) is 17.1. The van der Waals surface area contributed by atoms with E-state index in [9.17, 15) is 10.2 Å². The van der Waals surface area contributed by atoms with Gasteiger partial charge in [-0.25, -0.2) is 4.98 Å². The van der Waals surface area contributed by atoms with Crippen LogP contribution < -0.4 is 14.8 Å². The van der Waals surface area contributed by atoms with Crippen molar-refractivity contribution in [1.29, 1.82) is 0 Å². The number of hydrogen-bond acceptors (Lipinski definition) is 8. The number of anilines is 1. The van der Waals surface area contributed by atoms with Gasteiger partial charge in [0, 0.05) is 25.1 Å². The van der Waals surface area contributed by atoms with Crippen molar-refractivity contribution in [3.05, 3.63) is 108 Å². The van der Waals surface area contributed by atoms with Gasteiger partial charge in [-0.3, -0.25) is 4.57 Å². The summed E-state index contributed by atoms with van der Waals surface area (Å²) >= 11 is 0. The predicted octanol–water partition coefficient (Wildman–Crippen LogP) is 7.12. The predicted molar refractivity (Wildman–Crippen MR) is 187 cm³/mol. The Hall–Kier alpha value is -4.41. The lowest BCUT2D eigenvalue weighted by atomic mass is 10.0. The van der Waals surface area contributed by atoms with Gasteiger partial charge in [0.05, 0.1) is 50.2 Å². The van der Waals surface area contributed by atoms with Crippen molar-refractivity contribution in [3.8, 4) is 22.6 Å². The summed E-state index contributed by atoms with van der Waals surface area (Å²) in [4.78, 5) is 4.88. The zero-order chi connectivity index (χ0) is 33.0. The third-order valence-electron chi connectivity index (χ3n) is 8.44. The molecular formula is C39H45N3O6. The fourth-order valence-electron chi connectivity index (χ4n) is 5.95. The number of aliphatic hydroxyl groups excluding tert-OH is 2. The Kier molecular flexibility index (Phi) is 11.9. The second-order valence-electron chi connectivity index (χ2n) is 12.0. The molecule has 0 spiro atoms. The number of benzene rings is 4. The van der Waals surface area contributed by atoms with Crippen LogP contribution in [0.5, 0.6) is 11.5 Å². The first-order valence-corrected chi connectivity index (χ1v) is 16.9. The van der Waals surface area contributed by atoms with Crippen molar-refractivity contribution >= 4 is 17.0 Å². The minimum absolute atomic E-state index is 0.0124. The van der Waals surface area contributed by atoms with Gasteiger partial charge in [-0.05, 0) is 72.7 Å². The van der Waals surface area contributed by atoms with Crippen LogP contribution in [-0.4, -0.2) is 58.9 Å². The minimum Gasteiger partial charge on any atom is -0.493 e. The smallest absolute Gasteiger partial charge is 0.206 e. The third-order valence-corrected chi connectivity index (χ3v) is 8.44. The average molecular weight is 652 g/mol. The number of nitrogens with zero attached hydrogens (tertiary/aromatic N) is 2. The number of unbranched alkanes of at least 4 members (excludes halogenated alkanes) is 1. The highest BCUT2D eigenvalue weighted by molar-refractivity contribution is 5.79. The van der Waals surface area contributed by atoms with E-state index in [-0.39, 0.29) is 25.5 Å². The molecule has 0 bridgehead atoms. The molecule has 0 unspecified atom stereocenters. The van der Waals surface area contributed by atoms with Crippen molar-refractivity contribution in [2.75, 3.05) is 38.4 Å². The Morgan fingerprint density at radius 1 is 0.792 bits per heavy atom. The van der Waals surface area contributed by atoms with Crippen LogP contribution in [-0.2, 0) is 22.6 Å². The number of hydrogen-bond donors (Lipinski definition) is 3. The van der Waals surface area contributed by atoms with Crippen LogP contribution in [0, 0.1) is 0 Å². The maximum atomic E-state index is 9.65.